The summed E-state index contributed by atoms with van der Waals surface area (Å²) in [6.07, 6.45) is -4.53. The lowest BCUT2D eigenvalue weighted by atomic mass is 10.1. The lowest BCUT2D eigenvalue weighted by Gasteiger charge is -2.36. The molecule has 32 heavy (non-hydrogen) atoms. The maximum absolute atomic E-state index is 13.3. The van der Waals surface area contributed by atoms with Gasteiger partial charge in [0.05, 0.1) is 6.61 Å². The van der Waals surface area contributed by atoms with Crippen molar-refractivity contribution in [3.63, 3.8) is 0 Å². The van der Waals surface area contributed by atoms with Gasteiger partial charge in [-0.1, -0.05) is 51.2 Å². The molecule has 3 rings (SSSR count). The van der Waals surface area contributed by atoms with Gasteiger partial charge < -0.3 is 14.5 Å². The monoisotopic (exact) mass is 676 g/mol. The van der Waals surface area contributed by atoms with Crippen LogP contribution in [-0.4, -0.2) is 53.4 Å². The summed E-state index contributed by atoms with van der Waals surface area (Å²) in [5.74, 6) is 0.651. The third-order valence-electron chi connectivity index (χ3n) is 5.51. The standard InChI is InChI=1S/C21H25F3I2N4O2/c1-3-32-18-10-16(5-4-15(18)11-25)28-6-8-29(9-7-28)19(31)13-30-14(2)17(12-26)20(27-30)21(22,23)24/h4-5,10H,3,6-9,11-13H2,1-2H3. The Balaban J connectivity index is 1.65. The molecule has 1 aromatic carbocycles. The first-order chi connectivity index (χ1) is 15.2. The second-order valence-corrected chi connectivity index (χ2v) is 8.95. The molecule has 1 fully saturated rings. The minimum absolute atomic E-state index is 0.135. The molecule has 2 heterocycles. The van der Waals surface area contributed by atoms with E-state index in [0.717, 1.165) is 21.4 Å². The molecular formula is C21H25F3I2N4O2. The molecule has 0 bridgehead atoms. The van der Waals surface area contributed by atoms with Crippen LogP contribution in [0.25, 0.3) is 0 Å². The molecule has 2 aromatic rings. The fourth-order valence-electron chi connectivity index (χ4n) is 3.71. The maximum Gasteiger partial charge on any atom is 0.435 e. The molecule has 1 aliphatic heterocycles. The fourth-order valence-corrected chi connectivity index (χ4v) is 5.25. The van der Waals surface area contributed by atoms with Gasteiger partial charge in [-0.25, -0.2) is 0 Å². The molecule has 1 aromatic heterocycles. The van der Waals surface area contributed by atoms with Crippen molar-refractivity contribution in [3.8, 4) is 5.75 Å². The molecule has 176 valence electrons. The lowest BCUT2D eigenvalue weighted by Crippen LogP contribution is -2.49. The van der Waals surface area contributed by atoms with Gasteiger partial charge in [-0.15, -0.1) is 0 Å². The van der Waals surface area contributed by atoms with Gasteiger partial charge in [0, 0.05) is 63.6 Å². The SMILES string of the molecule is CCOc1cc(N2CCN(C(=O)Cn3nc(C(F)(F)F)c(CI)c3C)CC2)ccc1CI. The largest absolute Gasteiger partial charge is 0.493 e. The average molecular weight is 676 g/mol. The number of amides is 1. The van der Waals surface area contributed by atoms with Crippen molar-refractivity contribution in [1.29, 1.82) is 0 Å². The molecular weight excluding hydrogens is 651 g/mol. The highest BCUT2D eigenvalue weighted by atomic mass is 127. The molecule has 0 atom stereocenters. The zero-order valence-electron chi connectivity index (χ0n) is 17.9. The first-order valence-corrected chi connectivity index (χ1v) is 13.3. The Labute approximate surface area is 212 Å². The summed E-state index contributed by atoms with van der Waals surface area (Å²) < 4.78 is 47.8. The molecule has 0 unspecified atom stereocenters. The zero-order chi connectivity index (χ0) is 23.5. The number of benzene rings is 1. The maximum atomic E-state index is 13.3. The third kappa shape index (κ3) is 5.62. The highest BCUT2D eigenvalue weighted by molar-refractivity contribution is 14.1. The van der Waals surface area contributed by atoms with E-state index in [4.69, 9.17) is 4.74 Å². The predicted octanol–water partition coefficient (Wildman–Crippen LogP) is 4.83. The minimum atomic E-state index is -4.53. The number of nitrogens with zero attached hydrogens (tertiary/aromatic N) is 4. The Morgan fingerprint density at radius 3 is 2.38 bits per heavy atom. The summed E-state index contributed by atoms with van der Waals surface area (Å²) in [6, 6.07) is 6.16. The van der Waals surface area contributed by atoms with E-state index >= 15 is 0 Å². The zero-order valence-corrected chi connectivity index (χ0v) is 22.2. The number of rotatable bonds is 7. The van der Waals surface area contributed by atoms with Gasteiger partial charge in [0.15, 0.2) is 5.69 Å². The van der Waals surface area contributed by atoms with E-state index < -0.39 is 11.9 Å². The molecule has 6 nitrogen and oxygen atoms in total. The molecule has 1 saturated heterocycles. The number of alkyl halides is 5. The van der Waals surface area contributed by atoms with Gasteiger partial charge in [0.2, 0.25) is 5.91 Å². The van der Waals surface area contributed by atoms with Gasteiger partial charge in [-0.05, 0) is 19.9 Å². The number of carbonyl (C=O) groups is 1. The van der Waals surface area contributed by atoms with Crippen molar-refractivity contribution < 1.29 is 22.7 Å². The van der Waals surface area contributed by atoms with Crippen LogP contribution in [0.1, 0.15) is 29.4 Å². The first-order valence-electron chi connectivity index (χ1n) is 10.2. The number of carbonyl (C=O) groups excluding carboxylic acids is 1. The summed E-state index contributed by atoms with van der Waals surface area (Å²) in [5, 5.41) is 3.71. The smallest absolute Gasteiger partial charge is 0.435 e. The second kappa shape index (κ2) is 10.8. The molecule has 0 saturated carbocycles. The van der Waals surface area contributed by atoms with E-state index in [1.165, 1.54) is 4.68 Å². The number of hydrogen-bond acceptors (Lipinski definition) is 4. The van der Waals surface area contributed by atoms with Crippen LogP contribution in [-0.2, 0) is 26.4 Å². The third-order valence-corrected chi connectivity index (χ3v) is 7.09. The summed E-state index contributed by atoms with van der Waals surface area (Å²) in [6.45, 7) is 6.23. The number of hydrogen-bond donors (Lipinski definition) is 0. The Morgan fingerprint density at radius 1 is 1.16 bits per heavy atom. The van der Waals surface area contributed by atoms with E-state index in [-0.39, 0.29) is 22.4 Å². The van der Waals surface area contributed by atoms with E-state index in [1.807, 2.05) is 35.6 Å². The fraction of sp³-hybridized carbons (Fsp3) is 0.524. The van der Waals surface area contributed by atoms with Crippen LogP contribution in [0.15, 0.2) is 18.2 Å². The molecule has 0 radical (unpaired) electrons. The van der Waals surface area contributed by atoms with E-state index in [9.17, 15) is 18.0 Å². The number of halogens is 5. The highest BCUT2D eigenvalue weighted by Crippen LogP contribution is 2.33. The number of piperazine rings is 1. The van der Waals surface area contributed by atoms with Gasteiger partial charge in [0.1, 0.15) is 12.3 Å². The van der Waals surface area contributed by atoms with Crippen LogP contribution in [0.5, 0.6) is 5.75 Å². The average Bonchev–Trinajstić information content (AvgIpc) is 3.09. The second-order valence-electron chi connectivity index (χ2n) is 7.43. The lowest BCUT2D eigenvalue weighted by molar-refractivity contribution is -0.142. The van der Waals surface area contributed by atoms with Crippen molar-refractivity contribution in [2.45, 2.75) is 35.4 Å². The summed E-state index contributed by atoms with van der Waals surface area (Å²) in [4.78, 5) is 16.7. The quantitative estimate of drug-likeness (QED) is 0.312. The van der Waals surface area contributed by atoms with Crippen LogP contribution in [0.4, 0.5) is 18.9 Å². The normalized spacial score (nSPS) is 14.7. The molecule has 0 N–H and O–H groups in total. The Morgan fingerprint density at radius 2 is 1.84 bits per heavy atom. The summed E-state index contributed by atoms with van der Waals surface area (Å²) in [5.41, 5.74) is 1.80. The van der Waals surface area contributed by atoms with Crippen molar-refractivity contribution in [3.05, 3.63) is 40.7 Å². The van der Waals surface area contributed by atoms with E-state index in [0.29, 0.717) is 38.5 Å². The highest BCUT2D eigenvalue weighted by Gasteiger charge is 2.38. The van der Waals surface area contributed by atoms with Crippen molar-refractivity contribution in [1.82, 2.24) is 14.7 Å². The van der Waals surface area contributed by atoms with Crippen LogP contribution in [0.2, 0.25) is 0 Å². The van der Waals surface area contributed by atoms with Crippen LogP contribution in [0, 0.1) is 6.92 Å². The first kappa shape index (κ1) is 25.4. The molecule has 0 spiro atoms. The van der Waals surface area contributed by atoms with Crippen LogP contribution < -0.4 is 9.64 Å². The molecule has 0 aliphatic carbocycles. The van der Waals surface area contributed by atoms with Crippen LogP contribution >= 0.6 is 45.2 Å². The molecule has 1 aliphatic rings. The molecule has 11 heteroatoms. The summed E-state index contributed by atoms with van der Waals surface area (Å²) in [7, 11) is 0. The van der Waals surface area contributed by atoms with E-state index in [1.54, 1.807) is 11.8 Å². The number of aromatic nitrogens is 2. The number of anilines is 1. The predicted molar refractivity (Wildman–Crippen MR) is 134 cm³/mol. The molecule has 1 amide bonds. The van der Waals surface area contributed by atoms with Gasteiger partial charge >= 0.3 is 6.18 Å². The van der Waals surface area contributed by atoms with Gasteiger partial charge in [-0.3, -0.25) is 9.48 Å². The Bertz CT molecular complexity index is 957. The topological polar surface area (TPSA) is 50.6 Å². The Hall–Kier alpha value is -1.25. The van der Waals surface area contributed by atoms with Crippen LogP contribution in [0.3, 0.4) is 0 Å². The van der Waals surface area contributed by atoms with Crippen molar-refractivity contribution >= 4 is 56.8 Å². The van der Waals surface area contributed by atoms with Gasteiger partial charge in [-0.2, -0.15) is 18.3 Å². The van der Waals surface area contributed by atoms with Crippen molar-refractivity contribution in [2.75, 3.05) is 37.7 Å². The van der Waals surface area contributed by atoms with Crippen molar-refractivity contribution in [2.24, 2.45) is 0 Å². The summed E-state index contributed by atoms with van der Waals surface area (Å²) >= 11 is 4.20. The minimum Gasteiger partial charge on any atom is -0.493 e. The Kier molecular flexibility index (Phi) is 8.55. The van der Waals surface area contributed by atoms with E-state index in [2.05, 4.69) is 44.7 Å². The number of ether oxygens (including phenoxy) is 1. The van der Waals surface area contributed by atoms with Gasteiger partial charge in [0.25, 0.3) is 0 Å².